The molecule has 8 heteroatoms. The van der Waals surface area contributed by atoms with E-state index in [2.05, 4.69) is 4.98 Å². The van der Waals surface area contributed by atoms with Crippen LogP contribution in [0, 0.1) is 0 Å². The van der Waals surface area contributed by atoms with Gasteiger partial charge in [-0.2, -0.15) is 0 Å². The molecular formula is C28H32N2O6. The molecule has 1 fully saturated rings. The number of carbonyl (C=O) groups excluding carboxylic acids is 1. The van der Waals surface area contributed by atoms with E-state index in [-0.39, 0.29) is 18.7 Å². The lowest BCUT2D eigenvalue weighted by molar-refractivity contribution is -0.165. The molecule has 3 aromatic rings. The van der Waals surface area contributed by atoms with Gasteiger partial charge in [0.1, 0.15) is 29.5 Å². The summed E-state index contributed by atoms with van der Waals surface area (Å²) < 4.78 is 28.9. The molecule has 190 valence electrons. The van der Waals surface area contributed by atoms with E-state index in [4.69, 9.17) is 23.7 Å². The normalized spacial score (nSPS) is 15.2. The minimum Gasteiger partial charge on any atom is -0.497 e. The molecule has 36 heavy (non-hydrogen) atoms. The van der Waals surface area contributed by atoms with Crippen molar-refractivity contribution in [2.45, 2.75) is 39.0 Å². The first-order valence-electron chi connectivity index (χ1n) is 12.1. The Morgan fingerprint density at radius 3 is 2.67 bits per heavy atom. The molecule has 1 aliphatic rings. The van der Waals surface area contributed by atoms with Crippen LogP contribution in [0.1, 0.15) is 31.7 Å². The number of nitrogens with zero attached hydrogens (tertiary/aromatic N) is 2. The summed E-state index contributed by atoms with van der Waals surface area (Å²) in [5, 5.41) is 0. The summed E-state index contributed by atoms with van der Waals surface area (Å²) in [5.74, 6) is 2.12. The fourth-order valence-corrected chi connectivity index (χ4v) is 3.92. The van der Waals surface area contributed by atoms with E-state index in [0.717, 1.165) is 31.4 Å². The van der Waals surface area contributed by atoms with Crippen LogP contribution in [0.25, 0.3) is 0 Å². The van der Waals surface area contributed by atoms with Crippen LogP contribution in [0.15, 0.2) is 66.9 Å². The summed E-state index contributed by atoms with van der Waals surface area (Å²) in [5.41, 5.74) is 1.34. The highest BCUT2D eigenvalue weighted by Gasteiger charge is 2.21. The van der Waals surface area contributed by atoms with Crippen LogP contribution in [-0.2, 0) is 20.8 Å². The van der Waals surface area contributed by atoms with Gasteiger partial charge in [-0.25, -0.2) is 4.98 Å². The number of amides is 1. The molecule has 0 radical (unpaired) electrons. The molecule has 0 aliphatic carbocycles. The first-order chi connectivity index (χ1) is 17.6. The van der Waals surface area contributed by atoms with Crippen molar-refractivity contribution in [3.05, 3.63) is 72.4 Å². The molecule has 2 aromatic carbocycles. The molecule has 1 aromatic heterocycles. The summed E-state index contributed by atoms with van der Waals surface area (Å²) in [6.45, 7) is 3.25. The highest BCUT2D eigenvalue weighted by atomic mass is 16.7. The smallest absolute Gasteiger partial charge is 0.243 e. The van der Waals surface area contributed by atoms with Crippen LogP contribution in [0.3, 0.4) is 0 Å². The van der Waals surface area contributed by atoms with Crippen molar-refractivity contribution in [3.63, 3.8) is 0 Å². The summed E-state index contributed by atoms with van der Waals surface area (Å²) in [7, 11) is 1.60. The van der Waals surface area contributed by atoms with Crippen molar-refractivity contribution in [1.82, 2.24) is 4.98 Å². The quantitative estimate of drug-likeness (QED) is 0.334. The Bertz CT molecular complexity index is 1120. The van der Waals surface area contributed by atoms with Gasteiger partial charge < -0.3 is 28.6 Å². The lowest BCUT2D eigenvalue weighted by Gasteiger charge is -2.25. The molecule has 1 unspecified atom stereocenters. The van der Waals surface area contributed by atoms with Crippen LogP contribution in [0.4, 0.5) is 5.69 Å². The number of carbonyl (C=O) groups is 1. The Morgan fingerprint density at radius 2 is 1.92 bits per heavy atom. The number of hydrogen-bond acceptors (Lipinski definition) is 7. The first-order valence-corrected chi connectivity index (χ1v) is 12.1. The predicted molar refractivity (Wildman–Crippen MR) is 136 cm³/mol. The standard InChI is InChI=1S/C28H32N2O6/c1-21(31)30(25-11-8-15-29-28(25)36-23-9-4-3-5-10-23)20-22-19-24(32-2)13-14-26(22)33-17-18-35-27-12-6-7-16-34-27/h3-5,8-11,13-15,19,27H,6-7,12,16-18,20H2,1-2H3. The topological polar surface area (TPSA) is 79.4 Å². The number of aromatic nitrogens is 1. The number of hydrogen-bond donors (Lipinski definition) is 0. The van der Waals surface area contributed by atoms with Crippen molar-refractivity contribution in [2.75, 3.05) is 31.8 Å². The van der Waals surface area contributed by atoms with Crippen LogP contribution in [-0.4, -0.2) is 44.1 Å². The second-order valence-corrected chi connectivity index (χ2v) is 8.34. The number of para-hydroxylation sites is 1. The Hall–Kier alpha value is -3.62. The number of methoxy groups -OCH3 is 1. The average molecular weight is 493 g/mol. The zero-order valence-corrected chi connectivity index (χ0v) is 20.7. The van der Waals surface area contributed by atoms with Gasteiger partial charge in [-0.15, -0.1) is 0 Å². The molecule has 8 nitrogen and oxygen atoms in total. The van der Waals surface area contributed by atoms with Crippen molar-refractivity contribution in [3.8, 4) is 23.1 Å². The van der Waals surface area contributed by atoms with Crippen LogP contribution in [0.2, 0.25) is 0 Å². The fraction of sp³-hybridized carbons (Fsp3) is 0.357. The first kappa shape index (κ1) is 25.5. The van der Waals surface area contributed by atoms with E-state index in [9.17, 15) is 4.79 Å². The number of rotatable bonds is 11. The van der Waals surface area contributed by atoms with Gasteiger partial charge >= 0.3 is 0 Å². The second kappa shape index (κ2) is 12.9. The van der Waals surface area contributed by atoms with Gasteiger partial charge in [0, 0.05) is 25.3 Å². The molecule has 1 saturated heterocycles. The fourth-order valence-electron chi connectivity index (χ4n) is 3.92. The molecule has 0 bridgehead atoms. The summed E-state index contributed by atoms with van der Waals surface area (Å²) in [6, 6.07) is 18.5. The second-order valence-electron chi connectivity index (χ2n) is 8.34. The Balaban J connectivity index is 1.51. The Labute approximate surface area is 211 Å². The van der Waals surface area contributed by atoms with Gasteiger partial charge in [0.2, 0.25) is 11.8 Å². The van der Waals surface area contributed by atoms with E-state index in [1.807, 2.05) is 54.6 Å². The Morgan fingerprint density at radius 1 is 1.06 bits per heavy atom. The molecule has 0 saturated carbocycles. The zero-order chi connectivity index (χ0) is 25.2. The molecule has 1 amide bonds. The lowest BCUT2D eigenvalue weighted by atomic mass is 10.1. The monoisotopic (exact) mass is 492 g/mol. The maximum Gasteiger partial charge on any atom is 0.243 e. The van der Waals surface area contributed by atoms with E-state index >= 15 is 0 Å². The molecule has 0 N–H and O–H groups in total. The van der Waals surface area contributed by atoms with Gasteiger partial charge in [0.15, 0.2) is 6.29 Å². The molecule has 2 heterocycles. The SMILES string of the molecule is COc1ccc(OCCOC2CCCCO2)c(CN(C(C)=O)c2cccnc2Oc2ccccc2)c1. The third kappa shape index (κ3) is 6.96. The van der Waals surface area contributed by atoms with Gasteiger partial charge in [-0.1, -0.05) is 18.2 Å². The van der Waals surface area contributed by atoms with Gasteiger partial charge in [-0.3, -0.25) is 4.79 Å². The largest absolute Gasteiger partial charge is 0.497 e. The van der Waals surface area contributed by atoms with E-state index in [1.165, 1.54) is 6.92 Å². The number of ether oxygens (including phenoxy) is 5. The van der Waals surface area contributed by atoms with Crippen LogP contribution in [0.5, 0.6) is 23.1 Å². The van der Waals surface area contributed by atoms with Gasteiger partial charge in [0.25, 0.3) is 0 Å². The van der Waals surface area contributed by atoms with Crippen LogP contribution >= 0.6 is 0 Å². The predicted octanol–water partition coefficient (Wildman–Crippen LogP) is 5.36. The molecular weight excluding hydrogens is 460 g/mol. The molecule has 1 atom stereocenters. The van der Waals surface area contributed by atoms with E-state index < -0.39 is 0 Å². The third-order valence-corrected chi connectivity index (χ3v) is 5.76. The summed E-state index contributed by atoms with van der Waals surface area (Å²) in [4.78, 5) is 18.8. The third-order valence-electron chi connectivity index (χ3n) is 5.76. The summed E-state index contributed by atoms with van der Waals surface area (Å²) >= 11 is 0. The van der Waals surface area contributed by atoms with E-state index in [1.54, 1.807) is 24.3 Å². The highest BCUT2D eigenvalue weighted by Crippen LogP contribution is 2.33. The van der Waals surface area contributed by atoms with Crippen molar-refractivity contribution < 1.29 is 28.5 Å². The lowest BCUT2D eigenvalue weighted by Crippen LogP contribution is -2.29. The molecule has 4 rings (SSSR count). The average Bonchev–Trinajstić information content (AvgIpc) is 2.91. The van der Waals surface area contributed by atoms with Crippen molar-refractivity contribution in [2.24, 2.45) is 0 Å². The zero-order valence-electron chi connectivity index (χ0n) is 20.7. The van der Waals surface area contributed by atoms with Gasteiger partial charge in [0.05, 0.1) is 20.3 Å². The van der Waals surface area contributed by atoms with Crippen molar-refractivity contribution >= 4 is 11.6 Å². The highest BCUT2D eigenvalue weighted by molar-refractivity contribution is 5.92. The number of pyridine rings is 1. The maximum atomic E-state index is 12.8. The Kier molecular flexibility index (Phi) is 9.13. The molecule has 0 spiro atoms. The maximum absolute atomic E-state index is 12.8. The minimum absolute atomic E-state index is 0.160. The number of anilines is 1. The number of benzene rings is 2. The van der Waals surface area contributed by atoms with Crippen LogP contribution < -0.4 is 19.1 Å². The van der Waals surface area contributed by atoms with E-state index in [0.29, 0.717) is 42.0 Å². The minimum atomic E-state index is -0.167. The summed E-state index contributed by atoms with van der Waals surface area (Å²) in [6.07, 6.45) is 4.56. The van der Waals surface area contributed by atoms with Gasteiger partial charge in [-0.05, 0) is 61.7 Å². The molecule has 1 aliphatic heterocycles. The van der Waals surface area contributed by atoms with Crippen molar-refractivity contribution in [1.29, 1.82) is 0 Å².